The number of aromatic nitrogens is 12. The van der Waals surface area contributed by atoms with Crippen LogP contribution in [0.2, 0.25) is 0 Å². The number of hydrogen-bond acceptors (Lipinski definition) is 21. The average molecular weight is 1320 g/mol. The number of rotatable bonds is 12. The first-order valence-corrected chi connectivity index (χ1v) is 26.2. The minimum atomic E-state index is -1.37. The van der Waals surface area contributed by atoms with Crippen LogP contribution in [0.15, 0.2) is 95.2 Å². The van der Waals surface area contributed by atoms with Crippen LogP contribution in [0.3, 0.4) is 0 Å². The fourth-order valence-corrected chi connectivity index (χ4v) is 8.85. The number of carboxylic acids is 1. The number of nitrogens with zero attached hydrogens (tertiary/aromatic N) is 13. The molecule has 2 aliphatic rings. The van der Waals surface area contributed by atoms with Gasteiger partial charge >= 0.3 is 5.97 Å². The summed E-state index contributed by atoms with van der Waals surface area (Å²) in [5.41, 5.74) is 15.5. The molecule has 2 aliphatic heterocycles. The van der Waals surface area contributed by atoms with Crippen molar-refractivity contribution in [3.8, 4) is 22.3 Å². The van der Waals surface area contributed by atoms with Crippen LogP contribution in [0.25, 0.3) is 44.1 Å². The number of fused-ring (bicyclic) bond motifs is 2. The fourth-order valence-electron chi connectivity index (χ4n) is 8.23. The van der Waals surface area contributed by atoms with Crippen molar-refractivity contribution in [1.82, 2.24) is 69.6 Å². The molecule has 25 nitrogen and oxygen atoms in total. The third kappa shape index (κ3) is 16.5. The summed E-state index contributed by atoms with van der Waals surface area (Å²) in [4.78, 5) is 106. The predicted molar refractivity (Wildman–Crippen MR) is 313 cm³/mol. The smallest absolute Gasteiger partial charge is 0.325 e. The second kappa shape index (κ2) is 29.2. The number of anilines is 4. The zero-order chi connectivity index (χ0) is 57.1. The summed E-state index contributed by atoms with van der Waals surface area (Å²) >= 11 is 13.7. The number of alkyl halides is 2. The molecule has 2 fully saturated rings. The molecular weight excluding hydrogens is 1270 g/mol. The van der Waals surface area contributed by atoms with E-state index in [1.165, 1.54) is 52.9 Å². The van der Waals surface area contributed by atoms with Gasteiger partial charge in [0.2, 0.25) is 29.6 Å². The second-order valence-corrected chi connectivity index (χ2v) is 18.9. The number of likely N-dealkylation sites (tertiary alicyclic amines) is 1. The summed E-state index contributed by atoms with van der Waals surface area (Å²) in [6, 6.07) is 9.03. The monoisotopic (exact) mass is 1310 g/mol. The quantitative estimate of drug-likeness (QED) is 0.0858. The van der Waals surface area contributed by atoms with Gasteiger partial charge in [-0.15, -0.1) is 12.4 Å². The highest BCUT2D eigenvalue weighted by Gasteiger charge is 2.40. The number of nitrogen functional groups attached to an aromatic ring is 2. The normalized spacial score (nSPS) is 16.0. The highest BCUT2D eigenvalue weighted by molar-refractivity contribution is 9.10. The topological polar surface area (TPSA) is 353 Å². The third-order valence-electron chi connectivity index (χ3n) is 11.7. The maximum Gasteiger partial charge on any atom is 0.325 e. The van der Waals surface area contributed by atoms with E-state index in [1.807, 2.05) is 0 Å². The standard InChI is InChI=1S/C24H21BrFN9O3.C15H13N5O3.C9H10BrFN4O.ClH.S2.H2S/c1-12(36)22-16-4-13(14-6-29-24(27)30-7-14)2-3-17(16)35(33-22)11-21(37)34-10-15(26)5-18(34)23(38)32-20-9-28-8-19(25)31-20;1-8(21)14-11-4-9(10-5-17-15(16)18-6-10)2-3-12(11)20(19-14)7-13(22)23;10-7-3-12-4-8(14-7)15-9(16)6-1-5(11)2-13-6;;1-2;/h2-4,6-9,15,18H,5,10-11H2,1H3,(H2,27,29,30)(H,31,32,38);2-6H,7H2,1H3,(H,22,23)(H2,16,17,18);3-6,13H,1-2H2,(H,14,15,16);1H;;1H2/t15-,18+;;5-,6+;;;/m1.1.../s1. The zero-order valence-electron chi connectivity index (χ0n) is 42.2. The number of aliphatic carboxylic acids is 1. The molecule has 81 heavy (non-hydrogen) atoms. The first kappa shape index (κ1) is 64.2. The number of amides is 3. The van der Waals surface area contributed by atoms with Gasteiger partial charge in [0.15, 0.2) is 23.2 Å². The molecule has 424 valence electrons. The summed E-state index contributed by atoms with van der Waals surface area (Å²) in [5.74, 6) is -2.08. The van der Waals surface area contributed by atoms with Crippen LogP contribution >= 0.6 is 57.8 Å². The highest BCUT2D eigenvalue weighted by Crippen LogP contribution is 2.30. The fraction of sp³-hybridized carbons (Fsp3) is 0.250. The van der Waals surface area contributed by atoms with Crippen LogP contribution in [-0.4, -0.2) is 142 Å². The molecule has 4 atom stereocenters. The Morgan fingerprint density at radius 3 is 1.56 bits per heavy atom. The molecule has 0 bridgehead atoms. The lowest BCUT2D eigenvalue weighted by atomic mass is 10.0. The molecule has 8 aromatic rings. The van der Waals surface area contributed by atoms with Gasteiger partial charge < -0.3 is 37.4 Å². The van der Waals surface area contributed by atoms with E-state index in [4.69, 9.17) is 16.6 Å². The molecule has 0 unspecified atom stereocenters. The highest BCUT2D eigenvalue weighted by atomic mass is 79.9. The number of carbonyl (C=O) groups excluding carboxylic acids is 5. The lowest BCUT2D eigenvalue weighted by Gasteiger charge is -2.23. The molecule has 0 saturated carbocycles. The first-order chi connectivity index (χ1) is 37.8. The van der Waals surface area contributed by atoms with Crippen molar-refractivity contribution in [1.29, 1.82) is 0 Å². The number of nitrogens with one attached hydrogen (secondary N) is 3. The van der Waals surface area contributed by atoms with Gasteiger partial charge in [0.25, 0.3) is 0 Å². The van der Waals surface area contributed by atoms with E-state index in [0.29, 0.717) is 42.4 Å². The Labute approximate surface area is 498 Å². The van der Waals surface area contributed by atoms with Crippen molar-refractivity contribution in [3.05, 3.63) is 107 Å². The number of Topliss-reactive ketones (excluding diaryl/α,β-unsaturated/α-hetero) is 2. The average Bonchev–Trinajstić information content (AvgIpc) is 4.22. The van der Waals surface area contributed by atoms with Crippen molar-refractivity contribution in [2.75, 3.05) is 35.2 Å². The van der Waals surface area contributed by atoms with Gasteiger partial charge in [-0.05, 0) is 67.3 Å². The number of benzene rings is 2. The van der Waals surface area contributed by atoms with Crippen LogP contribution in [-0.2, 0) is 54.6 Å². The second-order valence-electron chi connectivity index (χ2n) is 17.3. The predicted octanol–water partition coefficient (Wildman–Crippen LogP) is 5.18. The Kier molecular flexibility index (Phi) is 23.1. The molecule has 3 amide bonds. The van der Waals surface area contributed by atoms with Gasteiger partial charge in [0.1, 0.15) is 52.1 Å². The van der Waals surface area contributed by atoms with Crippen LogP contribution in [0.1, 0.15) is 47.7 Å². The Morgan fingerprint density at radius 2 is 1.14 bits per heavy atom. The van der Waals surface area contributed by atoms with Gasteiger partial charge in [-0.25, -0.2) is 38.7 Å². The molecule has 6 aromatic heterocycles. The van der Waals surface area contributed by atoms with Crippen molar-refractivity contribution in [3.63, 3.8) is 0 Å². The van der Waals surface area contributed by atoms with Gasteiger partial charge in [0.05, 0.1) is 48.4 Å². The number of ketones is 2. The lowest BCUT2D eigenvalue weighted by molar-refractivity contribution is -0.138. The van der Waals surface area contributed by atoms with Crippen molar-refractivity contribution < 1.29 is 42.7 Å². The molecule has 10 rings (SSSR count). The number of nitrogens with two attached hydrogens (primary N) is 2. The zero-order valence-corrected chi connectivity index (χ0v) is 48.9. The molecule has 2 saturated heterocycles. The number of carboxylic acid groups (broad SMARTS) is 1. The maximum atomic E-state index is 14.4. The molecule has 33 heteroatoms. The van der Waals surface area contributed by atoms with Crippen LogP contribution in [0, 0.1) is 0 Å². The Morgan fingerprint density at radius 1 is 0.679 bits per heavy atom. The van der Waals surface area contributed by atoms with E-state index in [1.54, 1.807) is 61.2 Å². The molecule has 0 spiro atoms. The Balaban J connectivity index is 0.000000238. The van der Waals surface area contributed by atoms with E-state index in [-0.39, 0.29) is 111 Å². The Hall–Kier alpha value is -7.62. The van der Waals surface area contributed by atoms with Crippen molar-refractivity contribution >= 4 is 161 Å². The van der Waals surface area contributed by atoms with Crippen LogP contribution in [0.4, 0.5) is 32.3 Å². The molecule has 8 heterocycles. The van der Waals surface area contributed by atoms with E-state index in [9.17, 15) is 37.5 Å². The minimum Gasteiger partial charge on any atom is -0.480 e. The molecule has 8 N–H and O–H groups in total. The summed E-state index contributed by atoms with van der Waals surface area (Å²) in [5, 5.41) is 26.5. The summed E-state index contributed by atoms with van der Waals surface area (Å²) in [6.45, 7) is 2.16. The lowest BCUT2D eigenvalue weighted by Crippen LogP contribution is -2.44. The van der Waals surface area contributed by atoms with Crippen molar-refractivity contribution in [2.24, 2.45) is 0 Å². The van der Waals surface area contributed by atoms with Gasteiger partial charge in [-0.3, -0.25) is 48.1 Å². The van der Waals surface area contributed by atoms with E-state index < -0.39 is 42.2 Å². The summed E-state index contributed by atoms with van der Waals surface area (Å²) in [7, 11) is 0. The first-order valence-electron chi connectivity index (χ1n) is 23.2. The largest absolute Gasteiger partial charge is 0.480 e. The molecule has 0 aliphatic carbocycles. The summed E-state index contributed by atoms with van der Waals surface area (Å²) < 4.78 is 30.9. The van der Waals surface area contributed by atoms with E-state index in [2.05, 4.69) is 120 Å². The van der Waals surface area contributed by atoms with E-state index >= 15 is 0 Å². The number of hydrogen-bond donors (Lipinski definition) is 6. The van der Waals surface area contributed by atoms with Gasteiger partial charge in [-0.2, -0.15) is 23.7 Å². The van der Waals surface area contributed by atoms with Crippen LogP contribution < -0.4 is 27.4 Å². The van der Waals surface area contributed by atoms with Crippen LogP contribution in [0.5, 0.6) is 0 Å². The molecule has 2 aromatic carbocycles. The summed E-state index contributed by atoms with van der Waals surface area (Å²) in [6.07, 6.45) is 9.78. The van der Waals surface area contributed by atoms with E-state index in [0.717, 1.165) is 16.7 Å². The molecular formula is C48H47Br2ClF2N18O7S3. The molecule has 0 radical (unpaired) electrons. The number of halogens is 5. The number of carbonyl (C=O) groups is 6. The Bertz CT molecular complexity index is 3600. The van der Waals surface area contributed by atoms with Crippen molar-refractivity contribution in [2.45, 2.75) is 64.2 Å². The van der Waals surface area contributed by atoms with Gasteiger partial charge in [-0.1, -0.05) is 12.1 Å². The maximum absolute atomic E-state index is 14.4. The SMILES string of the molecule is CC(=O)c1nn(CC(=O)N2C[C@H](F)C[C@H]2C(=O)Nc2cncc(Br)n2)c2ccc(-c3cnc(N)nc3)cc12.CC(=O)c1nn(CC(=O)O)c2ccc(-c3cnc(N)nc3)cc12.Cl.O=C(Nc1cncc(Br)n1)[C@@H]1C[C@@H](F)CN1.S.S=S. The minimum absolute atomic E-state index is 0. The third-order valence-corrected chi connectivity index (χ3v) is 12.5. The van der Waals surface area contributed by atoms with Gasteiger partial charge in [0, 0.05) is 102 Å².